The second-order valence-corrected chi connectivity index (χ2v) is 9.58. The van der Waals surface area contributed by atoms with Gasteiger partial charge in [0.2, 0.25) is 15.8 Å². The summed E-state index contributed by atoms with van der Waals surface area (Å²) in [5.41, 5.74) is 0.642. The number of carbonyl (C=O) groups excluding carboxylic acids is 1. The summed E-state index contributed by atoms with van der Waals surface area (Å²) in [4.78, 5) is 12.3. The topological polar surface area (TPSA) is 102 Å². The Hall–Kier alpha value is -2.30. The molecule has 2 saturated heterocycles. The summed E-state index contributed by atoms with van der Waals surface area (Å²) in [7, 11) is -3.74. The Morgan fingerprint density at radius 3 is 2.70 bits per heavy atom. The predicted octanol–water partition coefficient (Wildman–Crippen LogP) is 2.29. The summed E-state index contributed by atoms with van der Waals surface area (Å²) >= 11 is 0. The van der Waals surface area contributed by atoms with Crippen molar-refractivity contribution in [2.75, 3.05) is 26.3 Å². The van der Waals surface area contributed by atoms with Crippen molar-refractivity contribution in [1.29, 1.82) is 0 Å². The first-order valence-corrected chi connectivity index (χ1v) is 11.5. The minimum absolute atomic E-state index is 0.00715. The van der Waals surface area contributed by atoms with Crippen molar-refractivity contribution in [3.05, 3.63) is 47.6 Å². The number of nitrogens with zero attached hydrogens (tertiary/aromatic N) is 2. The smallest absolute Gasteiger partial charge is 0.290 e. The third-order valence-electron chi connectivity index (χ3n) is 5.55. The van der Waals surface area contributed by atoms with Gasteiger partial charge in [0.1, 0.15) is 5.82 Å². The molecule has 2 aliphatic rings. The van der Waals surface area contributed by atoms with Crippen molar-refractivity contribution >= 4 is 15.9 Å². The molecule has 10 heteroatoms. The fraction of sp³-hybridized carbons (Fsp3) is 0.500. The molecule has 0 saturated carbocycles. The highest BCUT2D eigenvalue weighted by atomic mass is 32.2. The van der Waals surface area contributed by atoms with Gasteiger partial charge in [-0.3, -0.25) is 4.79 Å². The molecule has 0 bridgehead atoms. The zero-order valence-electron chi connectivity index (χ0n) is 16.4. The highest BCUT2D eigenvalue weighted by Gasteiger charge is 2.32. The third kappa shape index (κ3) is 4.55. The van der Waals surface area contributed by atoms with Crippen LogP contribution in [-0.2, 0) is 14.8 Å². The molecule has 4 rings (SSSR count). The Bertz CT molecular complexity index is 995. The average Bonchev–Trinajstić information content (AvgIpc) is 3.25. The van der Waals surface area contributed by atoms with Crippen LogP contribution in [0.4, 0.5) is 4.39 Å². The molecule has 0 spiro atoms. The molecular weight excluding hydrogens is 413 g/mol. The molecule has 2 aromatic rings. The number of ether oxygens (including phenoxy) is 1. The van der Waals surface area contributed by atoms with Crippen LogP contribution in [0, 0.1) is 5.82 Å². The van der Waals surface area contributed by atoms with E-state index in [9.17, 15) is 17.6 Å². The Morgan fingerprint density at radius 2 is 2.00 bits per heavy atom. The third-order valence-corrected chi connectivity index (χ3v) is 7.45. The highest BCUT2D eigenvalue weighted by Crippen LogP contribution is 2.30. The van der Waals surface area contributed by atoms with Gasteiger partial charge in [0, 0.05) is 31.7 Å². The maximum absolute atomic E-state index is 13.4. The van der Waals surface area contributed by atoms with Crippen molar-refractivity contribution < 1.29 is 26.9 Å². The maximum Gasteiger partial charge on any atom is 0.290 e. The van der Waals surface area contributed by atoms with Crippen LogP contribution in [0.2, 0.25) is 0 Å². The number of amides is 1. The van der Waals surface area contributed by atoms with Gasteiger partial charge in [0.25, 0.3) is 5.91 Å². The van der Waals surface area contributed by atoms with Gasteiger partial charge in [-0.05, 0) is 43.9 Å². The Balaban J connectivity index is 1.36. The van der Waals surface area contributed by atoms with E-state index in [1.54, 1.807) is 6.07 Å². The number of hydrogen-bond acceptors (Lipinski definition) is 6. The van der Waals surface area contributed by atoms with Crippen molar-refractivity contribution in [3.8, 4) is 0 Å². The van der Waals surface area contributed by atoms with E-state index in [4.69, 9.17) is 9.26 Å². The zero-order chi connectivity index (χ0) is 21.1. The number of carbonyl (C=O) groups is 1. The molecule has 8 nitrogen and oxygen atoms in total. The molecule has 2 fully saturated rings. The molecule has 1 amide bonds. The van der Waals surface area contributed by atoms with Crippen LogP contribution in [0.25, 0.3) is 0 Å². The number of benzene rings is 1. The van der Waals surface area contributed by atoms with Gasteiger partial charge in [0.05, 0.1) is 23.2 Å². The highest BCUT2D eigenvalue weighted by molar-refractivity contribution is 7.89. The molecule has 1 aromatic carbocycles. The normalized spacial score (nSPS) is 21.4. The standard InChI is InChI=1S/C20H24FN3O5S/c21-15-3-1-5-17(11-15)30(26,27)24-8-6-14(7-9-24)18-12-19(29-23-18)20(25)22-16-4-2-10-28-13-16/h1,3,5,11-12,14,16H,2,4,6-10,13H2,(H,22,25). The van der Waals surface area contributed by atoms with Gasteiger partial charge in [-0.1, -0.05) is 11.2 Å². The van der Waals surface area contributed by atoms with E-state index in [2.05, 4.69) is 10.5 Å². The summed E-state index contributed by atoms with van der Waals surface area (Å²) in [6.07, 6.45) is 2.85. The van der Waals surface area contributed by atoms with Gasteiger partial charge >= 0.3 is 0 Å². The van der Waals surface area contributed by atoms with Crippen molar-refractivity contribution in [2.24, 2.45) is 0 Å². The molecule has 1 N–H and O–H groups in total. The minimum atomic E-state index is -3.74. The first-order valence-electron chi connectivity index (χ1n) is 10.0. The van der Waals surface area contributed by atoms with E-state index in [0.29, 0.717) is 31.7 Å². The summed E-state index contributed by atoms with van der Waals surface area (Å²) in [5.74, 6) is -0.771. The van der Waals surface area contributed by atoms with Crippen LogP contribution in [-0.4, -0.2) is 56.1 Å². The second kappa shape index (κ2) is 8.83. The van der Waals surface area contributed by atoms with Crippen LogP contribution in [0.5, 0.6) is 0 Å². The average molecular weight is 437 g/mol. The molecule has 0 aliphatic carbocycles. The first kappa shape index (κ1) is 21.0. The van der Waals surface area contributed by atoms with Crippen LogP contribution < -0.4 is 5.32 Å². The summed E-state index contributed by atoms with van der Waals surface area (Å²) in [5, 5.41) is 6.91. The molecule has 1 aromatic heterocycles. The molecule has 1 unspecified atom stereocenters. The number of aromatic nitrogens is 1. The molecule has 2 aliphatic heterocycles. The summed E-state index contributed by atoms with van der Waals surface area (Å²) < 4.78 is 50.8. The first-order chi connectivity index (χ1) is 14.4. The van der Waals surface area contributed by atoms with E-state index < -0.39 is 15.8 Å². The lowest BCUT2D eigenvalue weighted by atomic mass is 9.94. The SMILES string of the molecule is O=C(NC1CCCOC1)c1cc(C2CCN(S(=O)(=O)c3cccc(F)c3)CC2)no1. The van der Waals surface area contributed by atoms with E-state index in [1.165, 1.54) is 22.5 Å². The number of hydrogen-bond donors (Lipinski definition) is 1. The summed E-state index contributed by atoms with van der Waals surface area (Å²) in [6.45, 7) is 1.78. The second-order valence-electron chi connectivity index (χ2n) is 7.64. The number of piperidine rings is 1. The maximum atomic E-state index is 13.4. The molecular formula is C20H24FN3O5S. The summed E-state index contributed by atoms with van der Waals surface area (Å²) in [6, 6.07) is 6.61. The Morgan fingerprint density at radius 1 is 1.20 bits per heavy atom. The predicted molar refractivity (Wildman–Crippen MR) is 105 cm³/mol. The number of nitrogens with one attached hydrogen (secondary N) is 1. The monoisotopic (exact) mass is 437 g/mol. The van der Waals surface area contributed by atoms with Crippen LogP contribution in [0.3, 0.4) is 0 Å². The lowest BCUT2D eigenvalue weighted by Gasteiger charge is -2.30. The number of halogens is 1. The molecule has 30 heavy (non-hydrogen) atoms. The van der Waals surface area contributed by atoms with Crippen molar-refractivity contribution in [3.63, 3.8) is 0 Å². The van der Waals surface area contributed by atoms with Crippen LogP contribution in [0.1, 0.15) is 47.8 Å². The lowest BCUT2D eigenvalue weighted by molar-refractivity contribution is 0.0608. The number of rotatable bonds is 5. The molecule has 1 atom stereocenters. The van der Waals surface area contributed by atoms with E-state index in [1.807, 2.05) is 0 Å². The lowest BCUT2D eigenvalue weighted by Crippen LogP contribution is -2.40. The van der Waals surface area contributed by atoms with Crippen molar-refractivity contribution in [1.82, 2.24) is 14.8 Å². The van der Waals surface area contributed by atoms with Gasteiger partial charge in [-0.2, -0.15) is 4.31 Å². The molecule has 3 heterocycles. The van der Waals surface area contributed by atoms with Gasteiger partial charge in [0.15, 0.2) is 0 Å². The van der Waals surface area contributed by atoms with Crippen molar-refractivity contribution in [2.45, 2.75) is 42.5 Å². The van der Waals surface area contributed by atoms with Gasteiger partial charge in [-0.15, -0.1) is 0 Å². The zero-order valence-corrected chi connectivity index (χ0v) is 17.2. The number of sulfonamides is 1. The Kier molecular flexibility index (Phi) is 6.16. The Labute approximate surface area is 174 Å². The van der Waals surface area contributed by atoms with E-state index in [-0.39, 0.29) is 41.6 Å². The van der Waals surface area contributed by atoms with Gasteiger partial charge in [-0.25, -0.2) is 12.8 Å². The minimum Gasteiger partial charge on any atom is -0.379 e. The van der Waals surface area contributed by atoms with E-state index in [0.717, 1.165) is 18.9 Å². The fourth-order valence-corrected chi connectivity index (χ4v) is 5.37. The van der Waals surface area contributed by atoms with E-state index >= 15 is 0 Å². The van der Waals surface area contributed by atoms with Crippen LogP contribution >= 0.6 is 0 Å². The largest absolute Gasteiger partial charge is 0.379 e. The molecule has 162 valence electrons. The molecule has 0 radical (unpaired) electrons. The fourth-order valence-electron chi connectivity index (χ4n) is 3.87. The quantitative estimate of drug-likeness (QED) is 0.770. The van der Waals surface area contributed by atoms with Crippen LogP contribution in [0.15, 0.2) is 39.8 Å². The van der Waals surface area contributed by atoms with Gasteiger partial charge < -0.3 is 14.6 Å².